The zero-order valence-corrected chi connectivity index (χ0v) is 18.1. The fourth-order valence-corrected chi connectivity index (χ4v) is 3.18. The van der Waals surface area contributed by atoms with Crippen molar-refractivity contribution in [2.75, 3.05) is 11.9 Å². The van der Waals surface area contributed by atoms with Crippen LogP contribution in [0.1, 0.15) is 26.3 Å². The molecular weight excluding hydrogens is 475 g/mol. The lowest BCUT2D eigenvalue weighted by atomic mass is 10.1. The van der Waals surface area contributed by atoms with Crippen molar-refractivity contribution in [3.05, 3.63) is 99.8 Å². The molecule has 3 amide bonds. The quantitative estimate of drug-likeness (QED) is 0.438. The molecule has 0 saturated carbocycles. The second-order valence-electron chi connectivity index (χ2n) is 6.76. The molecule has 0 aliphatic heterocycles. The Hall–Kier alpha value is -4.05. The third-order valence-corrected chi connectivity index (χ3v) is 4.89. The van der Waals surface area contributed by atoms with E-state index in [2.05, 4.69) is 10.7 Å². The van der Waals surface area contributed by atoms with Gasteiger partial charge in [0.1, 0.15) is 23.0 Å². The lowest BCUT2D eigenvalue weighted by molar-refractivity contribution is 0.0911. The fraction of sp³-hybridized carbons (Fsp3) is 0.0870. The van der Waals surface area contributed by atoms with Gasteiger partial charge in [-0.2, -0.15) is 0 Å². The first-order valence-corrected chi connectivity index (χ1v) is 10.2. The Morgan fingerprint density at radius 2 is 1.44 bits per heavy atom. The van der Waals surface area contributed by atoms with E-state index in [0.717, 1.165) is 18.2 Å². The number of benzene rings is 3. The number of nitrogens with one attached hydrogen (secondary N) is 3. The normalized spacial score (nSPS) is 10.4. The number of ether oxygens (including phenoxy) is 1. The third-order valence-electron chi connectivity index (χ3n) is 4.53. The summed E-state index contributed by atoms with van der Waals surface area (Å²) < 4.78 is 46.3. The molecule has 0 atom stereocenters. The number of hydrogen-bond donors (Lipinski definition) is 3. The van der Waals surface area contributed by atoms with Crippen molar-refractivity contribution in [1.29, 1.82) is 0 Å². The van der Waals surface area contributed by atoms with Crippen LogP contribution >= 0.6 is 11.6 Å². The highest BCUT2D eigenvalue weighted by Crippen LogP contribution is 2.20. The second kappa shape index (κ2) is 11.2. The van der Waals surface area contributed by atoms with E-state index < -0.39 is 40.9 Å². The zero-order chi connectivity index (χ0) is 24.7. The number of halogens is 4. The minimum absolute atomic E-state index is 0.00828. The van der Waals surface area contributed by atoms with Crippen molar-refractivity contribution in [3.8, 4) is 0 Å². The fourth-order valence-electron chi connectivity index (χ4n) is 2.92. The first kappa shape index (κ1) is 24.6. The van der Waals surface area contributed by atoms with Crippen LogP contribution < -0.4 is 16.2 Å². The standard InChI is InChI=1S/C23H17ClF3N3O4/c24-15-6-3-7-16(25)13(15)11-12-34-23(33)30-29-21(31)14-5-1-2-10-19(14)28-22(32)20-17(26)8-4-9-18(20)27/h1-10H,11-12H2,(H,28,32)(H,29,31)(H,30,33). The van der Waals surface area contributed by atoms with Gasteiger partial charge in [0.15, 0.2) is 0 Å². The van der Waals surface area contributed by atoms with E-state index in [1.807, 2.05) is 5.43 Å². The maximum absolute atomic E-state index is 13.9. The molecule has 11 heteroatoms. The summed E-state index contributed by atoms with van der Waals surface area (Å²) in [5.74, 6) is -4.63. The van der Waals surface area contributed by atoms with Crippen molar-refractivity contribution in [2.24, 2.45) is 0 Å². The van der Waals surface area contributed by atoms with Crippen LogP contribution in [0.4, 0.5) is 23.7 Å². The van der Waals surface area contributed by atoms with Gasteiger partial charge in [-0.3, -0.25) is 15.0 Å². The number of carbonyl (C=O) groups excluding carboxylic acids is 3. The van der Waals surface area contributed by atoms with Crippen molar-refractivity contribution in [2.45, 2.75) is 6.42 Å². The molecule has 3 rings (SSSR count). The molecule has 3 aromatic carbocycles. The van der Waals surface area contributed by atoms with E-state index in [9.17, 15) is 27.6 Å². The van der Waals surface area contributed by atoms with Crippen LogP contribution in [0, 0.1) is 17.5 Å². The Labute approximate surface area is 196 Å². The predicted molar refractivity (Wildman–Crippen MR) is 118 cm³/mol. The molecule has 0 bridgehead atoms. The molecule has 7 nitrogen and oxygen atoms in total. The summed E-state index contributed by atoms with van der Waals surface area (Å²) in [4.78, 5) is 36.6. The highest BCUT2D eigenvalue weighted by molar-refractivity contribution is 6.31. The minimum atomic E-state index is -1.10. The first-order valence-electron chi connectivity index (χ1n) is 9.78. The molecule has 0 aliphatic rings. The number of rotatable bonds is 6. The summed E-state index contributed by atoms with van der Waals surface area (Å²) in [6.07, 6.45) is -1.02. The zero-order valence-electron chi connectivity index (χ0n) is 17.3. The van der Waals surface area contributed by atoms with Gasteiger partial charge < -0.3 is 10.1 Å². The number of hydrogen-bond acceptors (Lipinski definition) is 4. The number of hydrazine groups is 1. The van der Waals surface area contributed by atoms with Crippen molar-refractivity contribution < 1.29 is 32.3 Å². The van der Waals surface area contributed by atoms with Crippen LogP contribution in [0.2, 0.25) is 5.02 Å². The van der Waals surface area contributed by atoms with Gasteiger partial charge in [-0.05, 0) is 36.4 Å². The topological polar surface area (TPSA) is 96.5 Å². The van der Waals surface area contributed by atoms with E-state index >= 15 is 0 Å². The van der Waals surface area contributed by atoms with Crippen molar-refractivity contribution in [1.82, 2.24) is 10.9 Å². The lowest BCUT2D eigenvalue weighted by Gasteiger charge is -2.13. The molecule has 0 aliphatic carbocycles. The maximum Gasteiger partial charge on any atom is 0.426 e. The van der Waals surface area contributed by atoms with E-state index in [4.69, 9.17) is 16.3 Å². The van der Waals surface area contributed by atoms with Gasteiger partial charge in [0.05, 0.1) is 17.9 Å². The van der Waals surface area contributed by atoms with Gasteiger partial charge in [-0.15, -0.1) is 0 Å². The summed E-state index contributed by atoms with van der Waals surface area (Å²) in [6, 6.07) is 12.7. The lowest BCUT2D eigenvalue weighted by Crippen LogP contribution is -2.42. The molecule has 0 radical (unpaired) electrons. The molecule has 0 aromatic heterocycles. The number of amides is 3. The molecular formula is C23H17ClF3N3O4. The van der Waals surface area contributed by atoms with Gasteiger partial charge >= 0.3 is 6.09 Å². The van der Waals surface area contributed by atoms with E-state index in [-0.39, 0.29) is 34.9 Å². The van der Waals surface area contributed by atoms with Crippen LogP contribution in [-0.2, 0) is 11.2 Å². The summed E-state index contributed by atoms with van der Waals surface area (Å²) >= 11 is 5.90. The largest absolute Gasteiger partial charge is 0.448 e. The third kappa shape index (κ3) is 6.04. The minimum Gasteiger partial charge on any atom is -0.448 e. The predicted octanol–water partition coefficient (Wildman–Crippen LogP) is 4.62. The van der Waals surface area contributed by atoms with Gasteiger partial charge in [0, 0.05) is 17.0 Å². The summed E-state index contributed by atoms with van der Waals surface area (Å²) in [7, 11) is 0. The Morgan fingerprint density at radius 1 is 0.794 bits per heavy atom. The summed E-state index contributed by atoms with van der Waals surface area (Å²) in [5, 5.41) is 2.45. The molecule has 34 heavy (non-hydrogen) atoms. The van der Waals surface area contributed by atoms with Crippen molar-refractivity contribution >= 4 is 35.2 Å². The first-order chi connectivity index (χ1) is 16.3. The number of carbonyl (C=O) groups is 3. The smallest absolute Gasteiger partial charge is 0.426 e. The average Bonchev–Trinajstić information content (AvgIpc) is 2.79. The Balaban J connectivity index is 1.57. The van der Waals surface area contributed by atoms with Crippen LogP contribution in [0.25, 0.3) is 0 Å². The summed E-state index contributed by atoms with van der Waals surface area (Å²) in [6.45, 7) is -0.219. The Morgan fingerprint density at radius 3 is 2.15 bits per heavy atom. The van der Waals surface area contributed by atoms with Gasteiger partial charge in [0.25, 0.3) is 11.8 Å². The monoisotopic (exact) mass is 491 g/mol. The summed E-state index contributed by atoms with van der Waals surface area (Å²) in [5.41, 5.74) is 3.29. The van der Waals surface area contributed by atoms with Crippen LogP contribution in [0.15, 0.2) is 60.7 Å². The van der Waals surface area contributed by atoms with Crippen LogP contribution in [0.3, 0.4) is 0 Å². The Kier molecular flexibility index (Phi) is 8.10. The molecule has 0 spiro atoms. The van der Waals surface area contributed by atoms with Crippen LogP contribution in [-0.4, -0.2) is 24.5 Å². The average molecular weight is 492 g/mol. The molecule has 0 fully saturated rings. The van der Waals surface area contributed by atoms with Gasteiger partial charge in [-0.25, -0.2) is 23.4 Å². The SMILES string of the molecule is O=C(NNC(=O)c1ccccc1NC(=O)c1c(F)cccc1F)OCCc1c(F)cccc1Cl. The van der Waals surface area contributed by atoms with Gasteiger partial charge in [-0.1, -0.05) is 35.9 Å². The molecule has 0 heterocycles. The molecule has 176 valence electrons. The highest BCUT2D eigenvalue weighted by Gasteiger charge is 2.20. The molecule has 3 N–H and O–H groups in total. The van der Waals surface area contributed by atoms with Gasteiger partial charge in [0.2, 0.25) is 0 Å². The number of anilines is 1. The van der Waals surface area contributed by atoms with E-state index in [0.29, 0.717) is 0 Å². The molecule has 3 aromatic rings. The maximum atomic E-state index is 13.9. The van der Waals surface area contributed by atoms with Crippen molar-refractivity contribution in [3.63, 3.8) is 0 Å². The second-order valence-corrected chi connectivity index (χ2v) is 7.17. The highest BCUT2D eigenvalue weighted by atomic mass is 35.5. The Bertz CT molecular complexity index is 1200. The molecule has 0 saturated heterocycles. The molecule has 0 unspecified atom stereocenters. The number of para-hydroxylation sites is 1. The van der Waals surface area contributed by atoms with E-state index in [1.165, 1.54) is 42.5 Å². The van der Waals surface area contributed by atoms with E-state index in [1.54, 1.807) is 0 Å². The van der Waals surface area contributed by atoms with Crippen LogP contribution in [0.5, 0.6) is 0 Å².